The van der Waals surface area contributed by atoms with E-state index in [4.69, 9.17) is 4.42 Å². The van der Waals surface area contributed by atoms with Gasteiger partial charge in [-0.3, -0.25) is 9.78 Å². The van der Waals surface area contributed by atoms with E-state index >= 15 is 0 Å². The van der Waals surface area contributed by atoms with E-state index in [1.807, 2.05) is 0 Å². The van der Waals surface area contributed by atoms with E-state index in [-0.39, 0.29) is 16.9 Å². The molecule has 2 N–H and O–H groups in total. The van der Waals surface area contributed by atoms with Gasteiger partial charge in [-0.15, -0.1) is 0 Å². The molecule has 0 fully saturated rings. The molecular formula is C14H9NO4. The van der Waals surface area contributed by atoms with Gasteiger partial charge in [0, 0.05) is 24.0 Å². The summed E-state index contributed by atoms with van der Waals surface area (Å²) in [6.45, 7) is 0. The van der Waals surface area contributed by atoms with Crippen molar-refractivity contribution >= 4 is 11.0 Å². The van der Waals surface area contributed by atoms with Crippen molar-refractivity contribution in [1.29, 1.82) is 0 Å². The summed E-state index contributed by atoms with van der Waals surface area (Å²) in [5, 5.41) is 19.1. The van der Waals surface area contributed by atoms with Crippen molar-refractivity contribution in [3.05, 3.63) is 52.9 Å². The van der Waals surface area contributed by atoms with Crippen LogP contribution in [0.15, 0.2) is 51.9 Å². The molecule has 0 radical (unpaired) electrons. The van der Waals surface area contributed by atoms with Crippen LogP contribution in [0, 0.1) is 0 Å². The number of fused-ring (bicyclic) bond motifs is 1. The Kier molecular flexibility index (Phi) is 2.45. The molecule has 94 valence electrons. The van der Waals surface area contributed by atoms with E-state index in [1.165, 1.54) is 30.6 Å². The average molecular weight is 255 g/mol. The molecule has 0 unspecified atom stereocenters. The topological polar surface area (TPSA) is 83.6 Å². The zero-order chi connectivity index (χ0) is 13.4. The zero-order valence-corrected chi connectivity index (χ0v) is 9.70. The third kappa shape index (κ3) is 1.91. The van der Waals surface area contributed by atoms with Crippen molar-refractivity contribution in [1.82, 2.24) is 4.98 Å². The second-order valence-corrected chi connectivity index (χ2v) is 4.05. The number of rotatable bonds is 1. The smallest absolute Gasteiger partial charge is 0.194 e. The summed E-state index contributed by atoms with van der Waals surface area (Å²) in [7, 11) is 0. The molecule has 0 saturated heterocycles. The summed E-state index contributed by atoms with van der Waals surface area (Å²) in [6.07, 6.45) is 2.97. The molecule has 2 aromatic heterocycles. The minimum absolute atomic E-state index is 0.211. The first-order valence-electron chi connectivity index (χ1n) is 5.55. The number of nitrogens with zero attached hydrogens (tertiary/aromatic N) is 1. The fourth-order valence-corrected chi connectivity index (χ4v) is 1.82. The van der Waals surface area contributed by atoms with Gasteiger partial charge in [-0.05, 0) is 24.3 Å². The van der Waals surface area contributed by atoms with Crippen LogP contribution in [0.4, 0.5) is 0 Å². The SMILES string of the molecule is O=c1cc(-c2ccc(O)c(O)c2)oc2ccncc12. The van der Waals surface area contributed by atoms with E-state index in [1.54, 1.807) is 12.1 Å². The van der Waals surface area contributed by atoms with Crippen LogP contribution in [0.5, 0.6) is 11.5 Å². The monoisotopic (exact) mass is 255 g/mol. The van der Waals surface area contributed by atoms with Gasteiger partial charge in [-0.2, -0.15) is 0 Å². The van der Waals surface area contributed by atoms with Gasteiger partial charge in [0.2, 0.25) is 0 Å². The van der Waals surface area contributed by atoms with E-state index < -0.39 is 0 Å². The molecule has 5 nitrogen and oxygen atoms in total. The quantitative estimate of drug-likeness (QED) is 0.651. The maximum Gasteiger partial charge on any atom is 0.194 e. The van der Waals surface area contributed by atoms with Crippen molar-refractivity contribution in [2.45, 2.75) is 0 Å². The number of phenols is 2. The lowest BCUT2D eigenvalue weighted by Crippen LogP contribution is -2.00. The normalized spacial score (nSPS) is 10.7. The molecule has 0 saturated carbocycles. The summed E-state index contributed by atoms with van der Waals surface area (Å²) in [5.41, 5.74) is 0.716. The first kappa shape index (κ1) is 11.3. The number of phenolic OH excluding ortho intramolecular Hbond substituents is 2. The molecule has 19 heavy (non-hydrogen) atoms. The van der Waals surface area contributed by atoms with Crippen LogP contribution in [0.1, 0.15) is 0 Å². The van der Waals surface area contributed by atoms with Gasteiger partial charge in [0.15, 0.2) is 16.9 Å². The third-order valence-electron chi connectivity index (χ3n) is 2.79. The van der Waals surface area contributed by atoms with Crippen molar-refractivity contribution in [3.8, 4) is 22.8 Å². The molecule has 2 heterocycles. The van der Waals surface area contributed by atoms with E-state index in [9.17, 15) is 15.0 Å². The first-order valence-corrected chi connectivity index (χ1v) is 5.55. The Hall–Kier alpha value is -2.82. The van der Waals surface area contributed by atoms with Crippen LogP contribution in [-0.4, -0.2) is 15.2 Å². The highest BCUT2D eigenvalue weighted by Crippen LogP contribution is 2.30. The van der Waals surface area contributed by atoms with Crippen molar-refractivity contribution < 1.29 is 14.6 Å². The summed E-state index contributed by atoms with van der Waals surface area (Å²) in [5.74, 6) is -0.176. The van der Waals surface area contributed by atoms with Crippen LogP contribution in [0.25, 0.3) is 22.3 Å². The highest BCUT2D eigenvalue weighted by atomic mass is 16.3. The Morgan fingerprint density at radius 3 is 2.68 bits per heavy atom. The van der Waals surface area contributed by atoms with Gasteiger partial charge in [0.1, 0.15) is 11.3 Å². The van der Waals surface area contributed by atoms with Gasteiger partial charge >= 0.3 is 0 Å². The third-order valence-corrected chi connectivity index (χ3v) is 2.79. The number of benzene rings is 1. The summed E-state index contributed by atoms with van der Waals surface area (Å²) >= 11 is 0. The second-order valence-electron chi connectivity index (χ2n) is 4.05. The lowest BCUT2D eigenvalue weighted by Gasteiger charge is -2.04. The molecule has 0 aliphatic heterocycles. The van der Waals surface area contributed by atoms with Crippen LogP contribution < -0.4 is 5.43 Å². The Labute approximate surface area is 107 Å². The minimum Gasteiger partial charge on any atom is -0.504 e. The van der Waals surface area contributed by atoms with Crippen LogP contribution in [-0.2, 0) is 0 Å². The fourth-order valence-electron chi connectivity index (χ4n) is 1.82. The van der Waals surface area contributed by atoms with Crippen LogP contribution in [0.2, 0.25) is 0 Å². The van der Waals surface area contributed by atoms with Gasteiger partial charge in [0.25, 0.3) is 0 Å². The van der Waals surface area contributed by atoms with Gasteiger partial charge < -0.3 is 14.6 Å². The van der Waals surface area contributed by atoms with Crippen molar-refractivity contribution in [2.75, 3.05) is 0 Å². The maximum atomic E-state index is 11.9. The molecule has 3 aromatic rings. The molecule has 0 atom stereocenters. The molecule has 0 aliphatic rings. The number of pyridine rings is 1. The molecule has 0 spiro atoms. The predicted molar refractivity (Wildman–Crippen MR) is 69.0 cm³/mol. The van der Waals surface area contributed by atoms with Gasteiger partial charge in [-0.25, -0.2) is 0 Å². The highest BCUT2D eigenvalue weighted by molar-refractivity contribution is 5.77. The first-order chi connectivity index (χ1) is 9.15. The van der Waals surface area contributed by atoms with Gasteiger partial charge in [0.05, 0.1) is 5.39 Å². The number of aromatic nitrogens is 1. The maximum absolute atomic E-state index is 11.9. The zero-order valence-electron chi connectivity index (χ0n) is 9.70. The van der Waals surface area contributed by atoms with E-state index in [0.717, 1.165) is 0 Å². The Morgan fingerprint density at radius 2 is 1.89 bits per heavy atom. The molecule has 0 bridgehead atoms. The minimum atomic E-state index is -0.269. The largest absolute Gasteiger partial charge is 0.504 e. The lowest BCUT2D eigenvalue weighted by atomic mass is 10.1. The van der Waals surface area contributed by atoms with Crippen molar-refractivity contribution in [2.24, 2.45) is 0 Å². The van der Waals surface area contributed by atoms with Crippen LogP contribution in [0.3, 0.4) is 0 Å². The average Bonchev–Trinajstić information content (AvgIpc) is 2.42. The second kappa shape index (κ2) is 4.13. The predicted octanol–water partition coefficient (Wildman–Crippen LogP) is 2.27. The Morgan fingerprint density at radius 1 is 1.05 bits per heavy atom. The highest BCUT2D eigenvalue weighted by Gasteiger charge is 2.08. The summed E-state index contributed by atoms with van der Waals surface area (Å²) in [6, 6.07) is 7.15. The van der Waals surface area contributed by atoms with Crippen molar-refractivity contribution in [3.63, 3.8) is 0 Å². The Bertz CT molecular complexity index is 823. The lowest BCUT2D eigenvalue weighted by molar-refractivity contribution is 0.404. The number of hydrogen-bond acceptors (Lipinski definition) is 5. The molecule has 3 rings (SSSR count). The molecule has 1 aromatic carbocycles. The van der Waals surface area contributed by atoms with Gasteiger partial charge in [-0.1, -0.05) is 0 Å². The number of aromatic hydroxyl groups is 2. The molecule has 0 aliphatic carbocycles. The molecular weight excluding hydrogens is 246 g/mol. The standard InChI is InChI=1S/C14H9NO4/c16-10-2-1-8(5-12(10)18)14-6-11(17)9-7-15-4-3-13(9)19-14/h1-7,16,18H. The van der Waals surface area contributed by atoms with Crippen LogP contribution >= 0.6 is 0 Å². The fraction of sp³-hybridized carbons (Fsp3) is 0. The van der Waals surface area contributed by atoms with E-state index in [0.29, 0.717) is 22.3 Å². The molecule has 0 amide bonds. The summed E-state index contributed by atoms with van der Waals surface area (Å²) in [4.78, 5) is 15.8. The molecule has 5 heteroatoms. The Balaban J connectivity index is 2.25. The summed E-state index contributed by atoms with van der Waals surface area (Å²) < 4.78 is 5.59. The number of hydrogen-bond donors (Lipinski definition) is 2. The van der Waals surface area contributed by atoms with E-state index in [2.05, 4.69) is 4.98 Å².